The predicted octanol–water partition coefficient (Wildman–Crippen LogP) is 1.05. The summed E-state index contributed by atoms with van der Waals surface area (Å²) in [6, 6.07) is 3.30. The smallest absolute Gasteiger partial charge is 0.316 e. The summed E-state index contributed by atoms with van der Waals surface area (Å²) in [5.74, 6) is 4.73. The second-order valence-corrected chi connectivity index (χ2v) is 2.96. The first-order chi connectivity index (χ1) is 7.63. The Morgan fingerprint density at radius 3 is 2.88 bits per heavy atom. The van der Waals surface area contributed by atoms with Crippen LogP contribution in [0.2, 0.25) is 0 Å². The van der Waals surface area contributed by atoms with Gasteiger partial charge < -0.3 is 16.2 Å². The molecule has 5 heteroatoms. The van der Waals surface area contributed by atoms with E-state index in [2.05, 4.69) is 17.2 Å². The van der Waals surface area contributed by atoms with Crippen LogP contribution >= 0.6 is 0 Å². The minimum atomic E-state index is -0.821. The number of aliphatic hydroxyl groups is 1. The number of hydrogen-bond donors (Lipinski definition) is 3. The minimum absolute atomic E-state index is 0.0141. The van der Waals surface area contributed by atoms with Gasteiger partial charge in [-0.05, 0) is 18.2 Å². The average Bonchev–Trinajstić information content (AvgIpc) is 2.22. The third-order valence-corrected chi connectivity index (χ3v) is 1.70. The Hall–Kier alpha value is -2.06. The van der Waals surface area contributed by atoms with E-state index in [4.69, 9.17) is 10.8 Å². The molecule has 0 unspecified atom stereocenters. The number of urea groups is 1. The first-order valence-electron chi connectivity index (χ1n) is 4.59. The fraction of sp³-hybridized carbons (Fsp3) is 0.182. The predicted molar refractivity (Wildman–Crippen MR) is 58.2 cm³/mol. The van der Waals surface area contributed by atoms with Crippen LogP contribution in [0.1, 0.15) is 12.0 Å². The first kappa shape index (κ1) is 12.0. The molecular weight excluding hydrogens is 211 g/mol. The number of anilines is 1. The molecule has 0 spiro atoms. The number of carbonyl (C=O) groups excluding carboxylic acids is 1. The van der Waals surface area contributed by atoms with Gasteiger partial charge in [-0.3, -0.25) is 0 Å². The summed E-state index contributed by atoms with van der Waals surface area (Å²) in [5, 5.41) is 10.6. The maximum atomic E-state index is 13.3. The van der Waals surface area contributed by atoms with Crippen molar-refractivity contribution in [1.82, 2.24) is 0 Å². The highest BCUT2D eigenvalue weighted by atomic mass is 19.1. The number of hydrogen-bond acceptors (Lipinski definition) is 2. The molecule has 4 N–H and O–H groups in total. The number of benzene rings is 1. The molecule has 0 aliphatic heterocycles. The maximum Gasteiger partial charge on any atom is 0.316 e. The lowest BCUT2D eigenvalue weighted by Crippen LogP contribution is -2.20. The zero-order valence-electron chi connectivity index (χ0n) is 8.46. The molecule has 0 saturated carbocycles. The zero-order valence-corrected chi connectivity index (χ0v) is 8.46. The lowest BCUT2D eigenvalue weighted by molar-refractivity contribution is 0.259. The van der Waals surface area contributed by atoms with Gasteiger partial charge >= 0.3 is 6.03 Å². The van der Waals surface area contributed by atoms with Crippen molar-refractivity contribution >= 4 is 11.7 Å². The number of rotatable bonds is 2. The van der Waals surface area contributed by atoms with Crippen molar-refractivity contribution in [3.8, 4) is 11.8 Å². The van der Waals surface area contributed by atoms with Crippen LogP contribution in [0.5, 0.6) is 0 Å². The van der Waals surface area contributed by atoms with E-state index in [1.165, 1.54) is 12.1 Å². The van der Waals surface area contributed by atoms with Gasteiger partial charge in [-0.1, -0.05) is 11.8 Å². The number of nitrogens with two attached hydrogens (primary N) is 1. The van der Waals surface area contributed by atoms with Gasteiger partial charge in [0, 0.05) is 12.0 Å². The maximum absolute atomic E-state index is 13.3. The summed E-state index contributed by atoms with van der Waals surface area (Å²) in [6.07, 6.45) is 0.336. The van der Waals surface area contributed by atoms with Crippen LogP contribution in [0, 0.1) is 17.7 Å². The van der Waals surface area contributed by atoms with Crippen LogP contribution in [0.15, 0.2) is 18.2 Å². The minimum Gasteiger partial charge on any atom is -0.395 e. The lowest BCUT2D eigenvalue weighted by Gasteiger charge is -2.02. The monoisotopic (exact) mass is 222 g/mol. The molecule has 1 aromatic carbocycles. The third kappa shape index (κ3) is 3.59. The van der Waals surface area contributed by atoms with Crippen molar-refractivity contribution in [2.45, 2.75) is 6.42 Å². The highest BCUT2D eigenvalue weighted by molar-refractivity contribution is 5.87. The van der Waals surface area contributed by atoms with E-state index in [1.807, 2.05) is 0 Å². The summed E-state index contributed by atoms with van der Waals surface area (Å²) >= 11 is 0. The Labute approximate surface area is 92.3 Å². The lowest BCUT2D eigenvalue weighted by atomic mass is 10.2. The molecule has 0 fully saturated rings. The molecule has 0 bridgehead atoms. The van der Waals surface area contributed by atoms with Crippen LogP contribution in [-0.4, -0.2) is 17.7 Å². The molecule has 16 heavy (non-hydrogen) atoms. The molecule has 2 amide bonds. The Kier molecular flexibility index (Phi) is 4.30. The molecular formula is C11H11FN2O2. The molecule has 1 rings (SSSR count). The van der Waals surface area contributed by atoms with E-state index < -0.39 is 11.8 Å². The van der Waals surface area contributed by atoms with E-state index in [0.717, 1.165) is 0 Å². The Bertz CT molecular complexity index is 449. The van der Waals surface area contributed by atoms with Gasteiger partial charge in [0.25, 0.3) is 0 Å². The highest BCUT2D eigenvalue weighted by Gasteiger charge is 2.03. The Morgan fingerprint density at radius 2 is 2.31 bits per heavy atom. The highest BCUT2D eigenvalue weighted by Crippen LogP contribution is 2.14. The number of aliphatic hydroxyl groups excluding tert-OH is 1. The van der Waals surface area contributed by atoms with Crippen LogP contribution in [-0.2, 0) is 0 Å². The van der Waals surface area contributed by atoms with Crippen molar-refractivity contribution in [2.24, 2.45) is 5.73 Å². The largest absolute Gasteiger partial charge is 0.395 e. The van der Waals surface area contributed by atoms with Crippen molar-refractivity contribution in [3.63, 3.8) is 0 Å². The summed E-state index contributed by atoms with van der Waals surface area (Å²) in [7, 11) is 0. The topological polar surface area (TPSA) is 75.4 Å². The Balaban J connectivity index is 2.83. The number of amides is 2. The average molecular weight is 222 g/mol. The number of primary amides is 1. The summed E-state index contributed by atoms with van der Waals surface area (Å²) in [4.78, 5) is 10.5. The van der Waals surface area contributed by atoms with Crippen molar-refractivity contribution in [1.29, 1.82) is 0 Å². The van der Waals surface area contributed by atoms with E-state index in [-0.39, 0.29) is 12.3 Å². The zero-order chi connectivity index (χ0) is 12.0. The quantitative estimate of drug-likeness (QED) is 0.654. The second kappa shape index (κ2) is 5.73. The number of nitrogens with one attached hydrogen (secondary N) is 1. The van der Waals surface area contributed by atoms with E-state index in [0.29, 0.717) is 12.0 Å². The second-order valence-electron chi connectivity index (χ2n) is 2.96. The SMILES string of the molecule is NC(=O)Nc1ccc(C#CCCO)cc1F. The van der Waals surface area contributed by atoms with Gasteiger partial charge in [-0.2, -0.15) is 0 Å². The van der Waals surface area contributed by atoms with Crippen molar-refractivity contribution < 1.29 is 14.3 Å². The summed E-state index contributed by atoms with van der Waals surface area (Å²) in [5.41, 5.74) is 5.34. The molecule has 4 nitrogen and oxygen atoms in total. The fourth-order valence-corrected chi connectivity index (χ4v) is 1.05. The molecule has 0 radical (unpaired) electrons. The van der Waals surface area contributed by atoms with Crippen LogP contribution in [0.4, 0.5) is 14.9 Å². The summed E-state index contributed by atoms with van der Waals surface area (Å²) in [6.45, 7) is -0.0310. The molecule has 0 atom stereocenters. The first-order valence-corrected chi connectivity index (χ1v) is 4.59. The molecule has 0 saturated heterocycles. The van der Waals surface area contributed by atoms with Crippen LogP contribution in [0.25, 0.3) is 0 Å². The van der Waals surface area contributed by atoms with Gasteiger partial charge in [-0.25, -0.2) is 9.18 Å². The van der Waals surface area contributed by atoms with E-state index in [1.54, 1.807) is 6.07 Å². The van der Waals surface area contributed by atoms with Gasteiger partial charge in [0.05, 0.1) is 12.3 Å². The normalized spacial score (nSPS) is 9.12. The molecule has 0 aromatic heterocycles. The number of halogens is 1. The molecule has 0 aliphatic carbocycles. The fourth-order valence-electron chi connectivity index (χ4n) is 1.05. The van der Waals surface area contributed by atoms with E-state index >= 15 is 0 Å². The van der Waals surface area contributed by atoms with Gasteiger partial charge in [-0.15, -0.1) is 0 Å². The molecule has 1 aromatic rings. The van der Waals surface area contributed by atoms with Gasteiger partial charge in [0.1, 0.15) is 5.82 Å². The van der Waals surface area contributed by atoms with Crippen molar-refractivity contribution in [3.05, 3.63) is 29.6 Å². The molecule has 0 heterocycles. The molecule has 84 valence electrons. The number of carbonyl (C=O) groups is 1. The van der Waals surface area contributed by atoms with Crippen molar-refractivity contribution in [2.75, 3.05) is 11.9 Å². The van der Waals surface area contributed by atoms with Crippen LogP contribution in [0.3, 0.4) is 0 Å². The third-order valence-electron chi connectivity index (χ3n) is 1.70. The molecule has 0 aliphatic rings. The Morgan fingerprint density at radius 1 is 1.56 bits per heavy atom. The summed E-state index contributed by atoms with van der Waals surface area (Å²) < 4.78 is 13.3. The standard InChI is InChI=1S/C11H11FN2O2/c12-9-7-8(3-1-2-6-15)4-5-10(9)14-11(13)16/h4-5,7,15H,2,6H2,(H3,13,14,16). The van der Waals surface area contributed by atoms with Gasteiger partial charge in [0.15, 0.2) is 0 Å². The van der Waals surface area contributed by atoms with Gasteiger partial charge in [0.2, 0.25) is 0 Å². The van der Waals surface area contributed by atoms with E-state index in [9.17, 15) is 9.18 Å². The van der Waals surface area contributed by atoms with Crippen LogP contribution < -0.4 is 11.1 Å².